The van der Waals surface area contributed by atoms with E-state index < -0.39 is 6.09 Å². The van der Waals surface area contributed by atoms with Crippen molar-refractivity contribution in [1.82, 2.24) is 4.98 Å². The molecule has 0 aliphatic heterocycles. The SMILES string of the molecule is COc1cc(Br)cnc1NC(=O)OCc1ccccc1. The smallest absolute Gasteiger partial charge is 0.413 e. The summed E-state index contributed by atoms with van der Waals surface area (Å²) in [4.78, 5) is 15.8. The summed E-state index contributed by atoms with van der Waals surface area (Å²) in [6, 6.07) is 11.1. The lowest BCUT2D eigenvalue weighted by Crippen LogP contribution is -2.15. The highest BCUT2D eigenvalue weighted by Crippen LogP contribution is 2.25. The monoisotopic (exact) mass is 336 g/mol. The number of rotatable bonds is 4. The van der Waals surface area contributed by atoms with Gasteiger partial charge in [0.25, 0.3) is 0 Å². The molecule has 0 saturated carbocycles. The van der Waals surface area contributed by atoms with Gasteiger partial charge in [-0.1, -0.05) is 30.3 Å². The quantitative estimate of drug-likeness (QED) is 0.926. The van der Waals surface area contributed by atoms with Crippen LogP contribution in [0, 0.1) is 0 Å². The standard InChI is InChI=1S/C14H13BrN2O3/c1-19-12-7-11(15)8-16-13(12)17-14(18)20-9-10-5-3-2-4-6-10/h2-8H,9H2,1H3,(H,16,17,18). The van der Waals surface area contributed by atoms with Gasteiger partial charge in [-0.05, 0) is 27.6 Å². The number of methoxy groups -OCH3 is 1. The maximum Gasteiger partial charge on any atom is 0.413 e. The molecule has 0 aliphatic rings. The molecule has 0 bridgehead atoms. The van der Waals surface area contributed by atoms with Gasteiger partial charge in [0, 0.05) is 10.7 Å². The molecule has 0 saturated heterocycles. The zero-order chi connectivity index (χ0) is 14.4. The van der Waals surface area contributed by atoms with Crippen LogP contribution < -0.4 is 10.1 Å². The maximum atomic E-state index is 11.7. The van der Waals surface area contributed by atoms with Crippen LogP contribution in [0.25, 0.3) is 0 Å². The zero-order valence-corrected chi connectivity index (χ0v) is 12.4. The first-order chi connectivity index (χ1) is 9.69. The zero-order valence-electron chi connectivity index (χ0n) is 10.8. The number of ether oxygens (including phenoxy) is 2. The molecule has 0 atom stereocenters. The third kappa shape index (κ3) is 3.96. The minimum absolute atomic E-state index is 0.200. The van der Waals surface area contributed by atoms with E-state index in [1.807, 2.05) is 30.3 Å². The Morgan fingerprint density at radius 2 is 2.10 bits per heavy atom. The Kier molecular flexibility index (Phi) is 4.95. The minimum atomic E-state index is -0.582. The summed E-state index contributed by atoms with van der Waals surface area (Å²) in [6.07, 6.45) is 0.983. The van der Waals surface area contributed by atoms with Gasteiger partial charge in [0.05, 0.1) is 7.11 Å². The molecular formula is C14H13BrN2O3. The third-order valence-corrected chi connectivity index (χ3v) is 2.91. The molecule has 1 aromatic carbocycles. The Balaban J connectivity index is 1.95. The number of halogens is 1. The van der Waals surface area contributed by atoms with Crippen molar-refractivity contribution in [3.63, 3.8) is 0 Å². The molecule has 1 aromatic heterocycles. The summed E-state index contributed by atoms with van der Waals surface area (Å²) in [5.41, 5.74) is 0.915. The van der Waals surface area contributed by atoms with Gasteiger partial charge in [-0.15, -0.1) is 0 Å². The van der Waals surface area contributed by atoms with Crippen molar-refractivity contribution >= 4 is 27.8 Å². The van der Waals surface area contributed by atoms with Crippen molar-refractivity contribution in [3.05, 3.63) is 52.6 Å². The molecule has 1 heterocycles. The van der Waals surface area contributed by atoms with E-state index in [2.05, 4.69) is 26.2 Å². The van der Waals surface area contributed by atoms with Gasteiger partial charge in [0.2, 0.25) is 0 Å². The molecule has 2 aromatic rings. The average Bonchev–Trinajstić information content (AvgIpc) is 2.48. The van der Waals surface area contributed by atoms with Crippen molar-refractivity contribution in [2.45, 2.75) is 6.61 Å². The second kappa shape index (κ2) is 6.91. The first-order valence-corrected chi connectivity index (χ1v) is 6.65. The number of nitrogens with one attached hydrogen (secondary N) is 1. The minimum Gasteiger partial charge on any atom is -0.493 e. The topological polar surface area (TPSA) is 60.5 Å². The Morgan fingerprint density at radius 3 is 2.80 bits per heavy atom. The summed E-state index contributed by atoms with van der Waals surface area (Å²) in [5, 5.41) is 2.54. The fourth-order valence-corrected chi connectivity index (χ4v) is 1.84. The van der Waals surface area contributed by atoms with Crippen LogP contribution in [0.3, 0.4) is 0 Å². The van der Waals surface area contributed by atoms with E-state index >= 15 is 0 Å². The number of hydrogen-bond acceptors (Lipinski definition) is 4. The first-order valence-electron chi connectivity index (χ1n) is 5.86. The van der Waals surface area contributed by atoms with Crippen LogP contribution in [0.5, 0.6) is 5.75 Å². The van der Waals surface area contributed by atoms with Crippen LogP contribution in [0.2, 0.25) is 0 Å². The number of anilines is 1. The molecule has 2 rings (SSSR count). The van der Waals surface area contributed by atoms with Crippen molar-refractivity contribution in [3.8, 4) is 5.75 Å². The second-order valence-corrected chi connectivity index (χ2v) is 4.81. The molecular weight excluding hydrogens is 324 g/mol. The number of hydrogen-bond donors (Lipinski definition) is 1. The Bertz CT molecular complexity index is 590. The lowest BCUT2D eigenvalue weighted by molar-refractivity contribution is 0.155. The van der Waals surface area contributed by atoms with E-state index in [1.54, 1.807) is 12.3 Å². The van der Waals surface area contributed by atoms with Crippen LogP contribution in [0.4, 0.5) is 10.6 Å². The fourth-order valence-electron chi connectivity index (χ4n) is 1.53. The van der Waals surface area contributed by atoms with Gasteiger partial charge in [-0.2, -0.15) is 0 Å². The van der Waals surface area contributed by atoms with Crippen molar-refractivity contribution in [2.75, 3.05) is 12.4 Å². The summed E-state index contributed by atoms with van der Waals surface area (Å²) in [5.74, 6) is 0.768. The van der Waals surface area contributed by atoms with Gasteiger partial charge in [0.1, 0.15) is 6.61 Å². The summed E-state index contributed by atoms with van der Waals surface area (Å²) >= 11 is 3.28. The van der Waals surface area contributed by atoms with Gasteiger partial charge in [-0.3, -0.25) is 5.32 Å². The van der Waals surface area contributed by atoms with E-state index in [0.29, 0.717) is 11.6 Å². The highest BCUT2D eigenvalue weighted by atomic mass is 79.9. The lowest BCUT2D eigenvalue weighted by atomic mass is 10.2. The summed E-state index contributed by atoms with van der Waals surface area (Å²) in [6.45, 7) is 0.200. The number of nitrogens with zero attached hydrogens (tertiary/aromatic N) is 1. The number of pyridine rings is 1. The molecule has 5 nitrogen and oxygen atoms in total. The maximum absolute atomic E-state index is 11.7. The molecule has 1 amide bonds. The Morgan fingerprint density at radius 1 is 1.35 bits per heavy atom. The third-order valence-electron chi connectivity index (χ3n) is 2.47. The van der Waals surface area contributed by atoms with Crippen molar-refractivity contribution in [2.24, 2.45) is 0 Å². The molecule has 0 radical (unpaired) electrons. The van der Waals surface area contributed by atoms with Crippen LogP contribution in [-0.2, 0) is 11.3 Å². The van der Waals surface area contributed by atoms with Crippen molar-refractivity contribution < 1.29 is 14.3 Å². The number of amides is 1. The predicted octanol–water partition coefficient (Wildman–Crippen LogP) is 3.60. The highest BCUT2D eigenvalue weighted by Gasteiger charge is 2.10. The van der Waals surface area contributed by atoms with E-state index in [4.69, 9.17) is 9.47 Å². The molecule has 0 unspecified atom stereocenters. The van der Waals surface area contributed by atoms with E-state index in [1.165, 1.54) is 7.11 Å². The fraction of sp³-hybridized carbons (Fsp3) is 0.143. The number of aromatic nitrogens is 1. The van der Waals surface area contributed by atoms with Crippen LogP contribution in [-0.4, -0.2) is 18.2 Å². The summed E-state index contributed by atoms with van der Waals surface area (Å²) < 4.78 is 11.0. The van der Waals surface area contributed by atoms with Gasteiger partial charge in [0.15, 0.2) is 11.6 Å². The first kappa shape index (κ1) is 14.3. The number of benzene rings is 1. The summed E-state index contributed by atoms with van der Waals surface area (Å²) in [7, 11) is 1.50. The average molecular weight is 337 g/mol. The molecule has 104 valence electrons. The molecule has 0 aliphatic carbocycles. The molecule has 0 fully saturated rings. The molecule has 20 heavy (non-hydrogen) atoms. The van der Waals surface area contributed by atoms with Crippen molar-refractivity contribution in [1.29, 1.82) is 0 Å². The number of carbonyl (C=O) groups is 1. The van der Waals surface area contributed by atoms with E-state index in [-0.39, 0.29) is 6.61 Å². The predicted molar refractivity (Wildman–Crippen MR) is 78.7 cm³/mol. The van der Waals surface area contributed by atoms with Gasteiger partial charge < -0.3 is 9.47 Å². The second-order valence-electron chi connectivity index (χ2n) is 3.89. The molecule has 6 heteroatoms. The van der Waals surface area contributed by atoms with E-state index in [9.17, 15) is 4.79 Å². The lowest BCUT2D eigenvalue weighted by Gasteiger charge is -2.10. The van der Waals surface area contributed by atoms with Gasteiger partial charge >= 0.3 is 6.09 Å². The molecule has 0 spiro atoms. The highest BCUT2D eigenvalue weighted by molar-refractivity contribution is 9.10. The van der Waals surface area contributed by atoms with Gasteiger partial charge in [-0.25, -0.2) is 9.78 Å². The Labute approximate surface area is 125 Å². The number of carbonyl (C=O) groups excluding carboxylic acids is 1. The molecule has 1 N–H and O–H groups in total. The largest absolute Gasteiger partial charge is 0.493 e. The van der Waals surface area contributed by atoms with E-state index in [0.717, 1.165) is 10.0 Å². The van der Waals surface area contributed by atoms with Crippen LogP contribution in [0.1, 0.15) is 5.56 Å². The Hall–Kier alpha value is -2.08. The van der Waals surface area contributed by atoms with Crippen LogP contribution in [0.15, 0.2) is 47.1 Å². The van der Waals surface area contributed by atoms with Crippen LogP contribution >= 0.6 is 15.9 Å². The normalized spacial score (nSPS) is 9.90.